The second-order valence-corrected chi connectivity index (χ2v) is 7.55. The van der Waals surface area contributed by atoms with Crippen LogP contribution < -0.4 is 0 Å². The second-order valence-electron chi connectivity index (χ2n) is 7.55. The number of phenols is 1. The maximum atomic E-state index is 11.6. The van der Waals surface area contributed by atoms with Gasteiger partial charge >= 0.3 is 0 Å². The molecule has 0 aliphatic heterocycles. The molecule has 0 heterocycles. The summed E-state index contributed by atoms with van der Waals surface area (Å²) < 4.78 is 0. The quantitative estimate of drug-likeness (QED) is 0.273. The summed E-state index contributed by atoms with van der Waals surface area (Å²) in [5, 5.41) is 22.8. The van der Waals surface area contributed by atoms with Crippen molar-refractivity contribution in [1.82, 2.24) is 0 Å². The van der Waals surface area contributed by atoms with Gasteiger partial charge in [0.15, 0.2) is 0 Å². The molecule has 1 saturated carbocycles. The summed E-state index contributed by atoms with van der Waals surface area (Å²) in [5.41, 5.74) is 1.90. The highest BCUT2D eigenvalue weighted by Gasteiger charge is 2.36. The molecule has 1 fully saturated rings. The zero-order chi connectivity index (χ0) is 20.4. The number of nitro benzene ring substituents is 1. The molecule has 0 spiro atoms. The van der Waals surface area contributed by atoms with Crippen LogP contribution in [0.3, 0.4) is 0 Å². The van der Waals surface area contributed by atoms with Gasteiger partial charge in [-0.25, -0.2) is 0 Å². The van der Waals surface area contributed by atoms with Crippen molar-refractivity contribution < 1.29 is 10.0 Å². The molecule has 0 unspecified atom stereocenters. The standard InChI is InChI=1S/C24H22N2O3/c1-24(18-8-4-2-5-9-18,19-10-6-3-7-11-19)22-15-21(26(28)29)14-17(23(22)27)16-25-20-12-13-20/h2-11,14-16,20,27H,12-13H2,1H3. The van der Waals surface area contributed by atoms with Gasteiger partial charge in [-0.05, 0) is 30.9 Å². The number of aromatic hydroxyl groups is 1. The smallest absolute Gasteiger partial charge is 0.270 e. The molecular formula is C24H22N2O3. The third-order valence-electron chi connectivity index (χ3n) is 5.55. The molecule has 0 atom stereocenters. The molecule has 29 heavy (non-hydrogen) atoms. The molecule has 4 rings (SSSR count). The summed E-state index contributed by atoms with van der Waals surface area (Å²) in [6, 6.07) is 22.6. The number of phenolic OH excluding ortho intramolecular Hbond substituents is 1. The Morgan fingerprint density at radius 3 is 2.07 bits per heavy atom. The van der Waals surface area contributed by atoms with Gasteiger partial charge in [-0.3, -0.25) is 15.1 Å². The van der Waals surface area contributed by atoms with Crippen molar-refractivity contribution in [3.05, 3.63) is 105 Å². The van der Waals surface area contributed by atoms with E-state index in [1.54, 1.807) is 6.21 Å². The first-order valence-corrected chi connectivity index (χ1v) is 9.66. The Morgan fingerprint density at radius 2 is 1.59 bits per heavy atom. The highest BCUT2D eigenvalue weighted by molar-refractivity contribution is 5.86. The highest BCUT2D eigenvalue weighted by Crippen LogP contribution is 2.45. The van der Waals surface area contributed by atoms with Crippen LogP contribution in [0.25, 0.3) is 0 Å². The molecule has 3 aromatic rings. The van der Waals surface area contributed by atoms with Crippen LogP contribution in [0.2, 0.25) is 0 Å². The van der Waals surface area contributed by atoms with E-state index in [1.165, 1.54) is 12.1 Å². The summed E-state index contributed by atoms with van der Waals surface area (Å²) >= 11 is 0. The zero-order valence-corrected chi connectivity index (χ0v) is 16.2. The molecule has 5 nitrogen and oxygen atoms in total. The zero-order valence-electron chi connectivity index (χ0n) is 16.2. The van der Waals surface area contributed by atoms with E-state index in [0.717, 1.165) is 24.0 Å². The van der Waals surface area contributed by atoms with E-state index in [0.29, 0.717) is 11.1 Å². The SMILES string of the molecule is CC(c1ccccc1)(c1ccccc1)c1cc([N+](=O)[O-])cc(C=NC2CC2)c1O. The molecule has 1 aliphatic rings. The first kappa shape index (κ1) is 18.9. The van der Waals surface area contributed by atoms with E-state index in [4.69, 9.17) is 0 Å². The van der Waals surface area contributed by atoms with Gasteiger partial charge in [0.1, 0.15) is 5.75 Å². The van der Waals surface area contributed by atoms with Crippen LogP contribution in [0.5, 0.6) is 5.75 Å². The van der Waals surface area contributed by atoms with Crippen molar-refractivity contribution in [2.75, 3.05) is 0 Å². The minimum Gasteiger partial charge on any atom is -0.507 e. The van der Waals surface area contributed by atoms with Crippen LogP contribution in [0.1, 0.15) is 42.0 Å². The van der Waals surface area contributed by atoms with E-state index in [9.17, 15) is 15.2 Å². The van der Waals surface area contributed by atoms with Gasteiger partial charge < -0.3 is 5.11 Å². The van der Waals surface area contributed by atoms with Gasteiger partial charge in [-0.15, -0.1) is 0 Å². The van der Waals surface area contributed by atoms with Gasteiger partial charge in [0.2, 0.25) is 0 Å². The number of benzene rings is 3. The second kappa shape index (κ2) is 7.51. The van der Waals surface area contributed by atoms with Crippen molar-refractivity contribution in [2.24, 2.45) is 4.99 Å². The van der Waals surface area contributed by atoms with E-state index in [2.05, 4.69) is 4.99 Å². The average molecular weight is 386 g/mol. The van der Waals surface area contributed by atoms with Crippen LogP contribution >= 0.6 is 0 Å². The molecule has 1 N–H and O–H groups in total. The molecule has 1 aliphatic carbocycles. The van der Waals surface area contributed by atoms with Crippen molar-refractivity contribution in [2.45, 2.75) is 31.2 Å². The summed E-state index contributed by atoms with van der Waals surface area (Å²) in [5.74, 6) is 0.0233. The maximum absolute atomic E-state index is 11.6. The first-order valence-electron chi connectivity index (χ1n) is 9.66. The lowest BCUT2D eigenvalue weighted by molar-refractivity contribution is -0.385. The minimum absolute atomic E-state index is 0.0233. The summed E-state index contributed by atoms with van der Waals surface area (Å²) in [4.78, 5) is 15.7. The normalized spacial score (nSPS) is 14.2. The van der Waals surface area contributed by atoms with Crippen LogP contribution in [-0.2, 0) is 5.41 Å². The summed E-state index contributed by atoms with van der Waals surface area (Å²) in [7, 11) is 0. The number of rotatable bonds is 6. The van der Waals surface area contributed by atoms with Gasteiger partial charge in [0.05, 0.1) is 11.0 Å². The Hall–Kier alpha value is -3.47. The van der Waals surface area contributed by atoms with Crippen molar-refractivity contribution >= 4 is 11.9 Å². The Balaban J connectivity index is 1.98. The number of nitrogens with zero attached hydrogens (tertiary/aromatic N) is 2. The third kappa shape index (κ3) is 3.63. The van der Waals surface area contributed by atoms with E-state index >= 15 is 0 Å². The number of hydrogen-bond acceptors (Lipinski definition) is 4. The molecule has 0 amide bonds. The molecule has 0 saturated heterocycles. The van der Waals surface area contributed by atoms with E-state index in [-0.39, 0.29) is 17.5 Å². The number of hydrogen-bond donors (Lipinski definition) is 1. The Bertz CT molecular complexity index is 1020. The Labute approximate surface area is 169 Å². The predicted molar refractivity (Wildman–Crippen MR) is 114 cm³/mol. The average Bonchev–Trinajstić information content (AvgIpc) is 3.58. The van der Waals surface area contributed by atoms with Crippen LogP contribution in [0, 0.1) is 10.1 Å². The van der Waals surface area contributed by atoms with Gasteiger partial charge in [-0.1, -0.05) is 60.7 Å². The van der Waals surface area contributed by atoms with Gasteiger partial charge in [0.25, 0.3) is 5.69 Å². The largest absolute Gasteiger partial charge is 0.507 e. The fourth-order valence-electron chi connectivity index (χ4n) is 3.66. The van der Waals surface area contributed by atoms with Crippen LogP contribution in [0.4, 0.5) is 5.69 Å². The molecule has 3 aromatic carbocycles. The van der Waals surface area contributed by atoms with Gasteiger partial charge in [-0.2, -0.15) is 0 Å². The van der Waals surface area contributed by atoms with E-state index in [1.807, 2.05) is 67.6 Å². The highest BCUT2D eigenvalue weighted by atomic mass is 16.6. The predicted octanol–water partition coefficient (Wildman–Crippen LogP) is 5.24. The number of non-ortho nitro benzene ring substituents is 1. The summed E-state index contributed by atoms with van der Waals surface area (Å²) in [6.07, 6.45) is 3.61. The maximum Gasteiger partial charge on any atom is 0.270 e. The topological polar surface area (TPSA) is 75.7 Å². The molecular weight excluding hydrogens is 364 g/mol. The van der Waals surface area contributed by atoms with E-state index < -0.39 is 10.3 Å². The molecule has 146 valence electrons. The lowest BCUT2D eigenvalue weighted by atomic mass is 9.70. The minimum atomic E-state index is -0.777. The lowest BCUT2D eigenvalue weighted by Gasteiger charge is -2.32. The summed E-state index contributed by atoms with van der Waals surface area (Å²) in [6.45, 7) is 1.98. The first-order chi connectivity index (χ1) is 14.0. The van der Waals surface area contributed by atoms with Crippen molar-refractivity contribution in [3.63, 3.8) is 0 Å². The van der Waals surface area contributed by atoms with Crippen LogP contribution in [0.15, 0.2) is 77.8 Å². The Morgan fingerprint density at radius 1 is 1.03 bits per heavy atom. The fraction of sp³-hybridized carbons (Fsp3) is 0.208. The monoisotopic (exact) mass is 386 g/mol. The Kier molecular flexibility index (Phi) is 4.89. The van der Waals surface area contributed by atoms with Gasteiger partial charge in [0, 0.05) is 34.9 Å². The van der Waals surface area contributed by atoms with Crippen molar-refractivity contribution in [3.8, 4) is 5.75 Å². The van der Waals surface area contributed by atoms with Crippen molar-refractivity contribution in [1.29, 1.82) is 0 Å². The number of nitro groups is 1. The number of aliphatic imine (C=N–C) groups is 1. The lowest BCUT2D eigenvalue weighted by Crippen LogP contribution is -2.26. The molecule has 0 bridgehead atoms. The molecule has 5 heteroatoms. The fourth-order valence-corrected chi connectivity index (χ4v) is 3.66. The molecule has 0 radical (unpaired) electrons. The third-order valence-corrected chi connectivity index (χ3v) is 5.55. The van der Waals surface area contributed by atoms with Crippen LogP contribution in [-0.4, -0.2) is 22.3 Å². The molecule has 0 aromatic heterocycles.